The third kappa shape index (κ3) is 1.59. The van der Waals surface area contributed by atoms with Crippen molar-refractivity contribution < 1.29 is 0 Å². The van der Waals surface area contributed by atoms with Crippen LogP contribution in [0.5, 0.6) is 0 Å². The van der Waals surface area contributed by atoms with E-state index in [1.807, 2.05) is 31.3 Å². The first-order valence-electron chi connectivity index (χ1n) is 5.11. The molecule has 0 atom stereocenters. The monoisotopic (exact) mass is 226 g/mol. The lowest BCUT2D eigenvalue weighted by Crippen LogP contribution is -1.81. The van der Waals surface area contributed by atoms with Crippen LogP contribution in [0.3, 0.4) is 0 Å². The molecule has 0 fully saturated rings. The summed E-state index contributed by atoms with van der Waals surface area (Å²) >= 11 is 1.72. The van der Waals surface area contributed by atoms with Gasteiger partial charge in [0.05, 0.1) is 20.9 Å². The molecule has 0 aliphatic carbocycles. The maximum Gasteiger partial charge on any atom is 0.0907 e. The Morgan fingerprint density at radius 3 is 2.88 bits per heavy atom. The van der Waals surface area contributed by atoms with Crippen molar-refractivity contribution in [2.45, 2.75) is 6.92 Å². The van der Waals surface area contributed by atoms with Gasteiger partial charge < -0.3 is 0 Å². The van der Waals surface area contributed by atoms with Crippen LogP contribution >= 0.6 is 11.3 Å². The summed E-state index contributed by atoms with van der Waals surface area (Å²) < 4.78 is 1.23. The highest BCUT2D eigenvalue weighted by Gasteiger charge is 2.03. The fraction of sp³-hybridized carbons (Fsp3) is 0.0769. The zero-order chi connectivity index (χ0) is 11.0. The summed E-state index contributed by atoms with van der Waals surface area (Å²) in [6, 6.07) is 12.3. The van der Waals surface area contributed by atoms with Crippen molar-refractivity contribution in [3.05, 3.63) is 47.6 Å². The summed E-state index contributed by atoms with van der Waals surface area (Å²) in [4.78, 5) is 8.83. The van der Waals surface area contributed by atoms with Gasteiger partial charge in [0.2, 0.25) is 0 Å². The van der Waals surface area contributed by atoms with Gasteiger partial charge in [-0.1, -0.05) is 12.1 Å². The zero-order valence-corrected chi connectivity index (χ0v) is 9.66. The second-order valence-electron chi connectivity index (χ2n) is 3.63. The number of hydrogen-bond donors (Lipinski definition) is 0. The molecular formula is C13H10N2S. The third-order valence-corrected chi connectivity index (χ3v) is 3.41. The van der Waals surface area contributed by atoms with Crippen LogP contribution in [0.2, 0.25) is 0 Å². The summed E-state index contributed by atoms with van der Waals surface area (Å²) in [7, 11) is 0. The highest BCUT2D eigenvalue weighted by Crippen LogP contribution is 2.26. The van der Waals surface area contributed by atoms with E-state index in [0.29, 0.717) is 0 Å². The van der Waals surface area contributed by atoms with Gasteiger partial charge in [-0.2, -0.15) is 0 Å². The van der Waals surface area contributed by atoms with Crippen LogP contribution in [0.15, 0.2) is 42.6 Å². The first-order chi connectivity index (χ1) is 7.83. The lowest BCUT2D eigenvalue weighted by Gasteiger charge is -1.99. The number of pyridine rings is 1. The van der Waals surface area contributed by atoms with Gasteiger partial charge in [0, 0.05) is 11.8 Å². The quantitative estimate of drug-likeness (QED) is 0.632. The van der Waals surface area contributed by atoms with Crippen molar-refractivity contribution in [1.29, 1.82) is 0 Å². The van der Waals surface area contributed by atoms with Crippen molar-refractivity contribution in [3.63, 3.8) is 0 Å². The Morgan fingerprint density at radius 1 is 1.12 bits per heavy atom. The summed E-state index contributed by atoms with van der Waals surface area (Å²) in [6.07, 6.45) is 1.81. The number of aromatic nitrogens is 2. The smallest absolute Gasteiger partial charge is 0.0907 e. The number of rotatable bonds is 1. The Balaban J connectivity index is 2.18. The Bertz CT molecular complexity index is 629. The molecule has 0 amide bonds. The van der Waals surface area contributed by atoms with Gasteiger partial charge in [-0.25, -0.2) is 4.98 Å². The minimum absolute atomic E-state index is 0.995. The number of nitrogens with zero attached hydrogens (tertiary/aromatic N) is 2. The molecule has 2 aromatic heterocycles. The van der Waals surface area contributed by atoms with E-state index in [1.54, 1.807) is 11.3 Å². The average Bonchev–Trinajstić information content (AvgIpc) is 2.69. The molecule has 0 saturated carbocycles. The molecule has 3 rings (SSSR count). The lowest BCUT2D eigenvalue weighted by molar-refractivity contribution is 1.32. The van der Waals surface area contributed by atoms with Crippen molar-refractivity contribution >= 4 is 21.6 Å². The third-order valence-electron chi connectivity index (χ3n) is 2.46. The first-order valence-corrected chi connectivity index (χ1v) is 5.93. The van der Waals surface area contributed by atoms with Gasteiger partial charge in [0.15, 0.2) is 0 Å². The van der Waals surface area contributed by atoms with Crippen LogP contribution in [-0.2, 0) is 0 Å². The van der Waals surface area contributed by atoms with E-state index in [4.69, 9.17) is 0 Å². The molecule has 3 heteroatoms. The van der Waals surface area contributed by atoms with Crippen molar-refractivity contribution in [3.8, 4) is 11.3 Å². The molecule has 0 aliphatic rings. The molecule has 0 N–H and O–H groups in total. The van der Waals surface area contributed by atoms with E-state index >= 15 is 0 Å². The van der Waals surface area contributed by atoms with E-state index in [1.165, 1.54) is 4.70 Å². The van der Waals surface area contributed by atoms with Crippen LogP contribution in [0.1, 0.15) is 5.01 Å². The minimum atomic E-state index is 0.995. The second-order valence-corrected chi connectivity index (χ2v) is 4.87. The highest BCUT2D eigenvalue weighted by atomic mass is 32.1. The van der Waals surface area contributed by atoms with E-state index in [0.717, 1.165) is 21.8 Å². The Labute approximate surface area is 97.6 Å². The van der Waals surface area contributed by atoms with Gasteiger partial charge in [-0.3, -0.25) is 4.98 Å². The van der Waals surface area contributed by atoms with Gasteiger partial charge in [-0.15, -0.1) is 11.3 Å². The van der Waals surface area contributed by atoms with E-state index in [9.17, 15) is 0 Å². The van der Waals surface area contributed by atoms with Gasteiger partial charge in [-0.05, 0) is 31.2 Å². The minimum Gasteiger partial charge on any atom is -0.256 e. The predicted molar refractivity (Wildman–Crippen MR) is 67.6 cm³/mol. The molecule has 2 heterocycles. The molecule has 0 radical (unpaired) electrons. The largest absolute Gasteiger partial charge is 0.256 e. The van der Waals surface area contributed by atoms with Gasteiger partial charge in [0.1, 0.15) is 0 Å². The van der Waals surface area contributed by atoms with Gasteiger partial charge >= 0.3 is 0 Å². The predicted octanol–water partition coefficient (Wildman–Crippen LogP) is 3.67. The Kier molecular flexibility index (Phi) is 2.18. The van der Waals surface area contributed by atoms with Crippen LogP contribution < -0.4 is 0 Å². The topological polar surface area (TPSA) is 25.8 Å². The second kappa shape index (κ2) is 3.68. The molecule has 1 aromatic carbocycles. The van der Waals surface area contributed by atoms with Crippen molar-refractivity contribution in [1.82, 2.24) is 9.97 Å². The molecule has 0 bridgehead atoms. The van der Waals surface area contributed by atoms with E-state index in [-0.39, 0.29) is 0 Å². The molecule has 0 spiro atoms. The Morgan fingerprint density at radius 2 is 2.06 bits per heavy atom. The Hall–Kier alpha value is -1.74. The summed E-state index contributed by atoms with van der Waals surface area (Å²) in [5, 5.41) is 1.10. The normalized spacial score (nSPS) is 10.8. The molecule has 0 aliphatic heterocycles. The summed E-state index contributed by atoms with van der Waals surface area (Å²) in [5.41, 5.74) is 3.18. The van der Waals surface area contributed by atoms with Crippen LogP contribution in [0.25, 0.3) is 21.5 Å². The average molecular weight is 226 g/mol. The SMILES string of the molecule is Cc1nc2cc(-c3ccccn3)ccc2s1. The van der Waals surface area contributed by atoms with Gasteiger partial charge in [0.25, 0.3) is 0 Å². The molecule has 0 saturated heterocycles. The first kappa shape index (κ1) is 9.48. The van der Waals surface area contributed by atoms with Crippen LogP contribution in [-0.4, -0.2) is 9.97 Å². The molecule has 16 heavy (non-hydrogen) atoms. The molecule has 78 valence electrons. The molecule has 3 aromatic rings. The van der Waals surface area contributed by atoms with Crippen molar-refractivity contribution in [2.75, 3.05) is 0 Å². The standard InChI is InChI=1S/C13H10N2S/c1-9-15-12-8-10(5-6-13(12)16-9)11-4-2-3-7-14-11/h2-8H,1H3. The fourth-order valence-electron chi connectivity index (χ4n) is 1.74. The number of benzene rings is 1. The van der Waals surface area contributed by atoms with E-state index in [2.05, 4.69) is 28.2 Å². The summed E-state index contributed by atoms with van der Waals surface area (Å²) in [5.74, 6) is 0. The molecular weight excluding hydrogens is 216 g/mol. The molecule has 0 unspecified atom stereocenters. The number of aryl methyl sites for hydroxylation is 1. The number of thiazole rings is 1. The van der Waals surface area contributed by atoms with Crippen molar-refractivity contribution in [2.24, 2.45) is 0 Å². The maximum atomic E-state index is 4.49. The zero-order valence-electron chi connectivity index (χ0n) is 8.84. The van der Waals surface area contributed by atoms with Crippen LogP contribution in [0.4, 0.5) is 0 Å². The maximum absolute atomic E-state index is 4.49. The summed E-state index contributed by atoms with van der Waals surface area (Å²) in [6.45, 7) is 2.03. The fourth-order valence-corrected chi connectivity index (χ4v) is 2.54. The molecule has 2 nitrogen and oxygen atoms in total. The highest BCUT2D eigenvalue weighted by molar-refractivity contribution is 7.18. The number of fused-ring (bicyclic) bond motifs is 1. The van der Waals surface area contributed by atoms with E-state index < -0.39 is 0 Å². The lowest BCUT2D eigenvalue weighted by atomic mass is 10.1. The number of hydrogen-bond acceptors (Lipinski definition) is 3. The van der Waals surface area contributed by atoms with Crippen LogP contribution in [0, 0.1) is 6.92 Å².